The van der Waals surface area contributed by atoms with Crippen LogP contribution in [0.5, 0.6) is 0 Å². The Bertz CT molecular complexity index is 251. The van der Waals surface area contributed by atoms with Crippen LogP contribution in [0.15, 0.2) is 0 Å². The summed E-state index contributed by atoms with van der Waals surface area (Å²) >= 11 is 0. The van der Waals surface area contributed by atoms with Crippen molar-refractivity contribution in [1.29, 1.82) is 0 Å². The van der Waals surface area contributed by atoms with Crippen molar-refractivity contribution in [2.45, 2.75) is 52.9 Å². The van der Waals surface area contributed by atoms with Crippen molar-refractivity contribution in [2.24, 2.45) is 11.3 Å². The zero-order valence-electron chi connectivity index (χ0n) is 11.5. The predicted octanol–water partition coefficient (Wildman–Crippen LogP) is 3.00. The van der Waals surface area contributed by atoms with E-state index in [0.29, 0.717) is 0 Å². The Morgan fingerprint density at radius 1 is 1.35 bits per heavy atom. The smallest absolute Gasteiger partial charge is 0.310 e. The summed E-state index contributed by atoms with van der Waals surface area (Å²) in [5.41, 5.74) is -0.458. The topological polar surface area (TPSA) is 40.5 Å². The molecule has 1 N–H and O–H groups in total. The Labute approximate surface area is 105 Å². The number of nitrogens with zero attached hydrogens (tertiary/aromatic N) is 1. The highest BCUT2D eigenvalue weighted by Crippen LogP contribution is 2.36. The highest BCUT2D eigenvalue weighted by atomic mass is 16.4. The molecule has 0 radical (unpaired) electrons. The second-order valence-electron chi connectivity index (χ2n) is 5.50. The molecule has 100 valence electrons. The van der Waals surface area contributed by atoms with Gasteiger partial charge in [0.1, 0.15) is 0 Å². The van der Waals surface area contributed by atoms with E-state index in [-0.39, 0.29) is 0 Å². The first kappa shape index (κ1) is 14.5. The first-order valence-corrected chi connectivity index (χ1v) is 7.03. The van der Waals surface area contributed by atoms with E-state index in [1.807, 2.05) is 0 Å². The van der Waals surface area contributed by atoms with E-state index in [9.17, 15) is 9.90 Å². The second kappa shape index (κ2) is 6.39. The molecule has 0 aromatic carbocycles. The summed E-state index contributed by atoms with van der Waals surface area (Å²) in [5, 5.41) is 9.43. The summed E-state index contributed by atoms with van der Waals surface area (Å²) in [6, 6.07) is 0. The molecule has 1 rings (SSSR count). The highest BCUT2D eigenvalue weighted by molar-refractivity contribution is 5.75. The molecule has 3 nitrogen and oxygen atoms in total. The molecule has 1 atom stereocenters. The molecule has 1 unspecified atom stereocenters. The zero-order valence-corrected chi connectivity index (χ0v) is 11.5. The fourth-order valence-corrected chi connectivity index (χ4v) is 2.99. The van der Waals surface area contributed by atoms with Crippen LogP contribution < -0.4 is 0 Å². The molecule has 0 aliphatic carbocycles. The van der Waals surface area contributed by atoms with Gasteiger partial charge in [-0.15, -0.1) is 0 Å². The molecule has 1 fully saturated rings. The van der Waals surface area contributed by atoms with Crippen LogP contribution in [0.1, 0.15) is 52.9 Å². The van der Waals surface area contributed by atoms with Gasteiger partial charge in [-0.05, 0) is 25.3 Å². The Morgan fingerprint density at radius 3 is 2.47 bits per heavy atom. The third kappa shape index (κ3) is 3.44. The van der Waals surface area contributed by atoms with Gasteiger partial charge in [0.25, 0.3) is 0 Å². The lowest BCUT2D eigenvalue weighted by molar-refractivity contribution is -0.148. The molecule has 0 spiro atoms. The number of aliphatic carboxylic acids is 1. The molecule has 0 aromatic heterocycles. The first-order valence-electron chi connectivity index (χ1n) is 7.03. The maximum Gasteiger partial charge on any atom is 0.310 e. The van der Waals surface area contributed by atoms with Crippen LogP contribution in [0.25, 0.3) is 0 Å². The quantitative estimate of drug-likeness (QED) is 0.745. The number of carboxylic acid groups (broad SMARTS) is 1. The van der Waals surface area contributed by atoms with Crippen LogP contribution in [0, 0.1) is 11.3 Å². The molecule has 0 amide bonds. The number of hydrogen-bond donors (Lipinski definition) is 1. The minimum Gasteiger partial charge on any atom is -0.481 e. The lowest BCUT2D eigenvalue weighted by Crippen LogP contribution is -2.36. The summed E-state index contributed by atoms with van der Waals surface area (Å²) in [4.78, 5) is 13.8. The molecule has 0 aromatic rings. The zero-order chi connectivity index (χ0) is 12.9. The minimum absolute atomic E-state index is 0.458. The molecule has 0 saturated carbocycles. The summed E-state index contributed by atoms with van der Waals surface area (Å²) in [5.74, 6) is 0.132. The van der Waals surface area contributed by atoms with Crippen molar-refractivity contribution in [1.82, 2.24) is 4.90 Å². The molecular formula is C14H27NO2. The van der Waals surface area contributed by atoms with E-state index in [1.54, 1.807) is 0 Å². The third-order valence-electron chi connectivity index (χ3n) is 4.29. The Kier molecular flexibility index (Phi) is 5.44. The van der Waals surface area contributed by atoms with Crippen LogP contribution >= 0.6 is 0 Å². The van der Waals surface area contributed by atoms with Gasteiger partial charge in [-0.2, -0.15) is 0 Å². The van der Waals surface area contributed by atoms with Gasteiger partial charge >= 0.3 is 5.97 Å². The molecular weight excluding hydrogens is 214 g/mol. The van der Waals surface area contributed by atoms with E-state index < -0.39 is 11.4 Å². The normalized spacial score (nSPS) is 25.6. The lowest BCUT2D eigenvalue weighted by atomic mass is 9.83. The second-order valence-corrected chi connectivity index (χ2v) is 5.50. The summed E-state index contributed by atoms with van der Waals surface area (Å²) in [6.45, 7) is 9.32. The Morgan fingerprint density at radius 2 is 2.00 bits per heavy atom. The monoisotopic (exact) mass is 241 g/mol. The van der Waals surface area contributed by atoms with Crippen LogP contribution in [-0.2, 0) is 4.79 Å². The minimum atomic E-state index is -0.591. The maximum atomic E-state index is 11.5. The third-order valence-corrected chi connectivity index (χ3v) is 4.29. The fraction of sp³-hybridized carbons (Fsp3) is 0.929. The van der Waals surface area contributed by atoms with Crippen molar-refractivity contribution in [3.63, 3.8) is 0 Å². The molecule has 17 heavy (non-hydrogen) atoms. The van der Waals surface area contributed by atoms with Gasteiger partial charge in [0.15, 0.2) is 0 Å². The van der Waals surface area contributed by atoms with Crippen LogP contribution in [0.4, 0.5) is 0 Å². The number of carbonyl (C=O) groups is 1. The van der Waals surface area contributed by atoms with E-state index in [4.69, 9.17) is 0 Å². The standard InChI is InChI=1S/C14H27NO2/c1-4-7-14(13(16)17)8-9-15(11-14)10-12(5-2)6-3/h12H,4-11H2,1-3H3,(H,16,17). The molecule has 3 heteroatoms. The van der Waals surface area contributed by atoms with E-state index in [2.05, 4.69) is 25.7 Å². The molecule has 1 aliphatic heterocycles. The number of rotatable bonds is 7. The van der Waals surface area contributed by atoms with Gasteiger partial charge in [0, 0.05) is 13.1 Å². The van der Waals surface area contributed by atoms with E-state index in [1.165, 1.54) is 12.8 Å². The number of hydrogen-bond acceptors (Lipinski definition) is 2. The molecule has 1 heterocycles. The summed E-state index contributed by atoms with van der Waals surface area (Å²) in [7, 11) is 0. The van der Waals surface area contributed by atoms with Gasteiger partial charge in [-0.1, -0.05) is 40.0 Å². The van der Waals surface area contributed by atoms with E-state index >= 15 is 0 Å². The highest BCUT2D eigenvalue weighted by Gasteiger charge is 2.43. The van der Waals surface area contributed by atoms with Gasteiger partial charge in [0.2, 0.25) is 0 Å². The van der Waals surface area contributed by atoms with Crippen LogP contribution in [0.2, 0.25) is 0 Å². The van der Waals surface area contributed by atoms with Crippen LogP contribution in [-0.4, -0.2) is 35.6 Å². The summed E-state index contributed by atoms with van der Waals surface area (Å²) in [6.07, 6.45) is 5.00. The number of carboxylic acids is 1. The van der Waals surface area contributed by atoms with Crippen LogP contribution in [0.3, 0.4) is 0 Å². The van der Waals surface area contributed by atoms with Crippen molar-refractivity contribution in [3.05, 3.63) is 0 Å². The first-order chi connectivity index (χ1) is 8.07. The van der Waals surface area contributed by atoms with Crippen molar-refractivity contribution in [3.8, 4) is 0 Å². The fourth-order valence-electron chi connectivity index (χ4n) is 2.99. The largest absolute Gasteiger partial charge is 0.481 e. The summed E-state index contributed by atoms with van der Waals surface area (Å²) < 4.78 is 0. The Balaban J connectivity index is 2.57. The average Bonchev–Trinajstić information content (AvgIpc) is 2.71. The molecule has 0 bridgehead atoms. The number of likely N-dealkylation sites (tertiary alicyclic amines) is 1. The molecule has 1 saturated heterocycles. The Hall–Kier alpha value is -0.570. The van der Waals surface area contributed by atoms with Gasteiger partial charge in [-0.3, -0.25) is 4.79 Å². The van der Waals surface area contributed by atoms with Gasteiger partial charge in [-0.25, -0.2) is 0 Å². The maximum absolute atomic E-state index is 11.5. The van der Waals surface area contributed by atoms with Gasteiger partial charge in [0.05, 0.1) is 5.41 Å². The van der Waals surface area contributed by atoms with Crippen molar-refractivity contribution < 1.29 is 9.90 Å². The average molecular weight is 241 g/mol. The predicted molar refractivity (Wildman–Crippen MR) is 70.1 cm³/mol. The van der Waals surface area contributed by atoms with Gasteiger partial charge < -0.3 is 10.0 Å². The SMILES string of the molecule is CCCC1(C(=O)O)CCN(CC(CC)CC)C1. The van der Waals surface area contributed by atoms with E-state index in [0.717, 1.165) is 44.8 Å². The molecule has 1 aliphatic rings. The van der Waals surface area contributed by atoms with Crippen molar-refractivity contribution >= 4 is 5.97 Å². The lowest BCUT2D eigenvalue weighted by Gasteiger charge is -2.26. The van der Waals surface area contributed by atoms with Crippen molar-refractivity contribution in [2.75, 3.05) is 19.6 Å².